The van der Waals surface area contributed by atoms with E-state index in [-0.39, 0.29) is 0 Å². The molecule has 0 aliphatic heterocycles. The first-order valence-electron chi connectivity index (χ1n) is 6.50. The summed E-state index contributed by atoms with van der Waals surface area (Å²) in [6.07, 6.45) is 0.766. The van der Waals surface area contributed by atoms with Gasteiger partial charge in [-0.1, -0.05) is 35.4 Å². The molecule has 108 valence electrons. The molecule has 0 saturated carbocycles. The summed E-state index contributed by atoms with van der Waals surface area (Å²) in [7, 11) is 1.63. The highest BCUT2D eigenvalue weighted by molar-refractivity contribution is 6.31. The van der Waals surface area contributed by atoms with Crippen LogP contribution >= 0.6 is 11.6 Å². The van der Waals surface area contributed by atoms with E-state index in [9.17, 15) is 5.11 Å². The number of methoxy groups -OCH3 is 1. The molecule has 0 saturated heterocycles. The van der Waals surface area contributed by atoms with Crippen molar-refractivity contribution < 1.29 is 9.84 Å². The molecule has 0 amide bonds. The largest absolute Gasteiger partial charge is 0.383 e. The average molecular weight is 295 g/mol. The van der Waals surface area contributed by atoms with E-state index in [2.05, 4.69) is 5.10 Å². The van der Waals surface area contributed by atoms with Gasteiger partial charge in [0.25, 0.3) is 0 Å². The summed E-state index contributed by atoms with van der Waals surface area (Å²) in [5.41, 5.74) is 3.59. The molecule has 0 aliphatic rings. The van der Waals surface area contributed by atoms with E-state index >= 15 is 0 Å². The van der Waals surface area contributed by atoms with Gasteiger partial charge in [0, 0.05) is 7.11 Å². The monoisotopic (exact) mass is 294 g/mol. The fourth-order valence-corrected chi connectivity index (χ4v) is 2.45. The number of benzene rings is 1. The summed E-state index contributed by atoms with van der Waals surface area (Å²) in [5, 5.41) is 15.3. The van der Waals surface area contributed by atoms with Gasteiger partial charge in [-0.3, -0.25) is 4.68 Å². The quantitative estimate of drug-likeness (QED) is 0.922. The van der Waals surface area contributed by atoms with Crippen LogP contribution in [0.3, 0.4) is 0 Å². The Hall–Kier alpha value is -1.36. The van der Waals surface area contributed by atoms with Gasteiger partial charge >= 0.3 is 0 Å². The highest BCUT2D eigenvalue weighted by atomic mass is 35.5. The number of halogens is 1. The molecule has 0 spiro atoms. The highest BCUT2D eigenvalue weighted by Gasteiger charge is 2.21. The van der Waals surface area contributed by atoms with Gasteiger partial charge in [-0.15, -0.1) is 0 Å². The van der Waals surface area contributed by atoms with Crippen molar-refractivity contribution in [3.05, 3.63) is 51.8 Å². The molecule has 1 heterocycles. The predicted octanol–water partition coefficient (Wildman–Crippen LogP) is 2.88. The fourth-order valence-electron chi connectivity index (χ4n) is 2.20. The van der Waals surface area contributed by atoms with Crippen LogP contribution in [0.1, 0.15) is 28.5 Å². The lowest BCUT2D eigenvalue weighted by atomic mass is 9.99. The summed E-state index contributed by atoms with van der Waals surface area (Å²) in [6.45, 7) is 5.05. The Morgan fingerprint density at radius 1 is 1.40 bits per heavy atom. The molecule has 1 aromatic heterocycles. The summed E-state index contributed by atoms with van der Waals surface area (Å²) in [6, 6.07) is 6.00. The van der Waals surface area contributed by atoms with Gasteiger partial charge < -0.3 is 9.84 Å². The lowest BCUT2D eigenvalue weighted by molar-refractivity contribution is 0.171. The normalized spacial score (nSPS) is 12.7. The van der Waals surface area contributed by atoms with Crippen LogP contribution in [-0.2, 0) is 11.3 Å². The SMILES string of the molecule is COCCn1ncc(Cl)c1C(O)c1cc(C)ccc1C. The number of hydrogen-bond donors (Lipinski definition) is 1. The van der Waals surface area contributed by atoms with E-state index in [1.807, 2.05) is 32.0 Å². The van der Waals surface area contributed by atoms with Gasteiger partial charge in [-0.2, -0.15) is 5.10 Å². The Bertz CT molecular complexity index is 596. The van der Waals surface area contributed by atoms with E-state index in [0.717, 1.165) is 16.7 Å². The van der Waals surface area contributed by atoms with Gasteiger partial charge in [0.05, 0.1) is 30.1 Å². The van der Waals surface area contributed by atoms with E-state index in [1.165, 1.54) is 0 Å². The van der Waals surface area contributed by atoms with E-state index in [1.54, 1.807) is 18.0 Å². The van der Waals surface area contributed by atoms with Gasteiger partial charge in [-0.05, 0) is 25.0 Å². The van der Waals surface area contributed by atoms with Crippen LogP contribution in [0.5, 0.6) is 0 Å². The zero-order chi connectivity index (χ0) is 14.7. The van der Waals surface area contributed by atoms with Gasteiger partial charge in [0.2, 0.25) is 0 Å². The van der Waals surface area contributed by atoms with Gasteiger partial charge in [0.1, 0.15) is 6.10 Å². The Morgan fingerprint density at radius 3 is 2.85 bits per heavy atom. The first-order chi connectivity index (χ1) is 9.54. The van der Waals surface area contributed by atoms with Crippen LogP contribution in [-0.4, -0.2) is 28.6 Å². The Balaban J connectivity index is 2.39. The van der Waals surface area contributed by atoms with E-state index < -0.39 is 6.10 Å². The van der Waals surface area contributed by atoms with Crippen molar-refractivity contribution in [3.8, 4) is 0 Å². The van der Waals surface area contributed by atoms with Crippen molar-refractivity contribution >= 4 is 11.6 Å². The van der Waals surface area contributed by atoms with E-state index in [4.69, 9.17) is 16.3 Å². The summed E-state index contributed by atoms with van der Waals surface area (Å²) in [4.78, 5) is 0. The minimum Gasteiger partial charge on any atom is -0.383 e. The predicted molar refractivity (Wildman–Crippen MR) is 79.1 cm³/mol. The van der Waals surface area contributed by atoms with E-state index in [0.29, 0.717) is 23.9 Å². The third-order valence-electron chi connectivity index (χ3n) is 3.33. The maximum Gasteiger partial charge on any atom is 0.122 e. The van der Waals surface area contributed by atoms with Gasteiger partial charge in [-0.25, -0.2) is 0 Å². The second-order valence-corrected chi connectivity index (χ2v) is 5.26. The maximum absolute atomic E-state index is 10.7. The standard InChI is InChI=1S/C15H19ClN2O2/c1-10-4-5-11(2)12(8-10)15(19)14-13(16)9-17-18(14)6-7-20-3/h4-5,8-9,15,19H,6-7H2,1-3H3. The van der Waals surface area contributed by atoms with Crippen LogP contribution in [0.15, 0.2) is 24.4 Å². The molecule has 1 atom stereocenters. The van der Waals surface area contributed by atoms with Crippen molar-refractivity contribution in [1.29, 1.82) is 0 Å². The first-order valence-corrected chi connectivity index (χ1v) is 6.87. The molecular formula is C15H19ClN2O2. The molecule has 0 radical (unpaired) electrons. The number of hydrogen-bond acceptors (Lipinski definition) is 3. The van der Waals surface area contributed by atoms with Crippen molar-refractivity contribution in [3.63, 3.8) is 0 Å². The third kappa shape index (κ3) is 3.03. The van der Waals surface area contributed by atoms with Crippen LogP contribution in [0.25, 0.3) is 0 Å². The molecule has 2 rings (SSSR count). The van der Waals surface area contributed by atoms with Crippen LogP contribution in [0, 0.1) is 13.8 Å². The molecule has 2 aromatic rings. The summed E-state index contributed by atoms with van der Waals surface area (Å²) in [5.74, 6) is 0. The molecule has 1 N–H and O–H groups in total. The van der Waals surface area contributed by atoms with Crippen molar-refractivity contribution in [2.24, 2.45) is 0 Å². The number of nitrogens with zero attached hydrogens (tertiary/aromatic N) is 2. The third-order valence-corrected chi connectivity index (χ3v) is 3.62. The molecule has 0 aliphatic carbocycles. The van der Waals surface area contributed by atoms with Crippen molar-refractivity contribution in [1.82, 2.24) is 9.78 Å². The molecular weight excluding hydrogens is 276 g/mol. The zero-order valence-corrected chi connectivity index (χ0v) is 12.7. The average Bonchev–Trinajstić information content (AvgIpc) is 2.79. The Kier molecular flexibility index (Phi) is 4.81. The number of ether oxygens (including phenoxy) is 1. The van der Waals surface area contributed by atoms with Crippen LogP contribution < -0.4 is 0 Å². The molecule has 1 aromatic carbocycles. The number of aryl methyl sites for hydroxylation is 2. The lowest BCUT2D eigenvalue weighted by Crippen LogP contribution is -2.14. The summed E-state index contributed by atoms with van der Waals surface area (Å²) < 4.78 is 6.75. The highest BCUT2D eigenvalue weighted by Crippen LogP contribution is 2.30. The fraction of sp³-hybridized carbons (Fsp3) is 0.400. The van der Waals surface area contributed by atoms with Crippen LogP contribution in [0.2, 0.25) is 5.02 Å². The smallest absolute Gasteiger partial charge is 0.122 e. The van der Waals surface area contributed by atoms with Crippen LogP contribution in [0.4, 0.5) is 0 Å². The molecule has 0 bridgehead atoms. The number of rotatable bonds is 5. The van der Waals surface area contributed by atoms with Crippen molar-refractivity contribution in [2.45, 2.75) is 26.5 Å². The Labute approximate surface area is 123 Å². The lowest BCUT2D eigenvalue weighted by Gasteiger charge is -2.17. The number of aliphatic hydroxyl groups excluding tert-OH is 1. The first kappa shape index (κ1) is 15.0. The van der Waals surface area contributed by atoms with Crippen molar-refractivity contribution in [2.75, 3.05) is 13.7 Å². The zero-order valence-electron chi connectivity index (χ0n) is 11.9. The number of aromatic nitrogens is 2. The van der Waals surface area contributed by atoms with Gasteiger partial charge in [0.15, 0.2) is 0 Å². The number of aliphatic hydroxyl groups is 1. The molecule has 20 heavy (non-hydrogen) atoms. The minimum atomic E-state index is -0.790. The minimum absolute atomic E-state index is 0.467. The molecule has 0 fully saturated rings. The maximum atomic E-state index is 10.7. The molecule has 5 heteroatoms. The second-order valence-electron chi connectivity index (χ2n) is 4.86. The molecule has 1 unspecified atom stereocenters. The second kappa shape index (κ2) is 6.39. The molecule has 4 nitrogen and oxygen atoms in total. The Morgan fingerprint density at radius 2 is 2.15 bits per heavy atom. The summed E-state index contributed by atoms with van der Waals surface area (Å²) >= 11 is 6.18. The topological polar surface area (TPSA) is 47.3 Å².